The highest BCUT2D eigenvalue weighted by Crippen LogP contribution is 2.20. The molecule has 2 aromatic rings. The van der Waals surface area contributed by atoms with Gasteiger partial charge in [0.15, 0.2) is 0 Å². The highest BCUT2D eigenvalue weighted by atomic mass is 35.5. The molecule has 2 aromatic carbocycles. The third-order valence-electron chi connectivity index (χ3n) is 3.24. The first-order valence-corrected chi connectivity index (χ1v) is 9.26. The van der Waals surface area contributed by atoms with Crippen molar-refractivity contribution in [2.24, 2.45) is 0 Å². The van der Waals surface area contributed by atoms with Crippen molar-refractivity contribution in [2.75, 3.05) is 11.0 Å². The Morgan fingerprint density at radius 1 is 1.17 bits per heavy atom. The Bertz CT molecular complexity index is 854. The second-order valence-electron chi connectivity index (χ2n) is 5.32. The molecule has 0 aliphatic heterocycles. The SMILES string of the molecule is C[C@H](NC(=O)c1ccc(F)cc1Cl)c1ccc(NS(C)(=O)=O)cc1. The quantitative estimate of drug-likeness (QED) is 0.847. The maximum Gasteiger partial charge on any atom is 0.253 e. The number of sulfonamides is 1. The van der Waals surface area contributed by atoms with Crippen LogP contribution in [0.2, 0.25) is 5.02 Å². The van der Waals surface area contributed by atoms with Gasteiger partial charge in [0.1, 0.15) is 5.82 Å². The second-order valence-corrected chi connectivity index (χ2v) is 7.47. The summed E-state index contributed by atoms with van der Waals surface area (Å²) in [6, 6.07) is 9.82. The molecule has 8 heteroatoms. The lowest BCUT2D eigenvalue weighted by Crippen LogP contribution is -2.26. The molecule has 0 saturated heterocycles. The van der Waals surface area contributed by atoms with Gasteiger partial charge in [0, 0.05) is 5.69 Å². The first-order chi connectivity index (χ1) is 11.2. The molecule has 2 rings (SSSR count). The van der Waals surface area contributed by atoms with Crippen LogP contribution in [0, 0.1) is 5.82 Å². The van der Waals surface area contributed by atoms with Gasteiger partial charge in [-0.1, -0.05) is 23.7 Å². The molecule has 2 N–H and O–H groups in total. The Morgan fingerprint density at radius 2 is 1.79 bits per heavy atom. The predicted molar refractivity (Wildman–Crippen MR) is 92.2 cm³/mol. The molecule has 0 unspecified atom stereocenters. The molecule has 0 aromatic heterocycles. The maximum absolute atomic E-state index is 13.0. The van der Waals surface area contributed by atoms with Crippen molar-refractivity contribution in [3.05, 3.63) is 64.4 Å². The van der Waals surface area contributed by atoms with Crippen molar-refractivity contribution in [3.8, 4) is 0 Å². The van der Waals surface area contributed by atoms with Crippen molar-refractivity contribution >= 4 is 33.2 Å². The molecule has 0 heterocycles. The molecule has 1 atom stereocenters. The molecule has 0 spiro atoms. The maximum atomic E-state index is 13.0. The summed E-state index contributed by atoms with van der Waals surface area (Å²) in [7, 11) is -3.34. The standard InChI is InChI=1S/C16H16ClFN2O3S/c1-10(11-3-6-13(7-4-11)20-24(2,22)23)19-16(21)14-8-5-12(18)9-15(14)17/h3-10,20H,1-2H3,(H,19,21)/t10-/m0/s1. The van der Waals surface area contributed by atoms with Crippen molar-refractivity contribution in [3.63, 3.8) is 0 Å². The van der Waals surface area contributed by atoms with Crippen LogP contribution in [0.3, 0.4) is 0 Å². The largest absolute Gasteiger partial charge is 0.345 e. The van der Waals surface area contributed by atoms with E-state index in [1.54, 1.807) is 31.2 Å². The van der Waals surface area contributed by atoms with Gasteiger partial charge in [-0.3, -0.25) is 9.52 Å². The van der Waals surface area contributed by atoms with Gasteiger partial charge in [-0.2, -0.15) is 0 Å². The Kier molecular flexibility index (Phi) is 5.46. The highest BCUT2D eigenvalue weighted by molar-refractivity contribution is 7.92. The summed E-state index contributed by atoms with van der Waals surface area (Å²) in [6.45, 7) is 1.77. The van der Waals surface area contributed by atoms with Crippen LogP contribution in [0.1, 0.15) is 28.9 Å². The zero-order valence-corrected chi connectivity index (χ0v) is 14.6. The minimum atomic E-state index is -3.34. The third kappa shape index (κ3) is 4.94. The molecule has 1 amide bonds. The Balaban J connectivity index is 2.09. The van der Waals surface area contributed by atoms with E-state index >= 15 is 0 Å². The van der Waals surface area contributed by atoms with E-state index in [1.165, 1.54) is 6.07 Å². The van der Waals surface area contributed by atoms with Crippen LogP contribution in [0.4, 0.5) is 10.1 Å². The fraction of sp³-hybridized carbons (Fsp3) is 0.188. The van der Waals surface area contributed by atoms with Crippen molar-refractivity contribution < 1.29 is 17.6 Å². The zero-order valence-electron chi connectivity index (χ0n) is 13.0. The molecule has 0 radical (unpaired) electrons. The Labute approximate surface area is 144 Å². The molecule has 0 aliphatic carbocycles. The number of amides is 1. The van der Waals surface area contributed by atoms with Gasteiger partial charge < -0.3 is 5.32 Å². The normalized spacial score (nSPS) is 12.5. The monoisotopic (exact) mass is 370 g/mol. The average Bonchev–Trinajstić information content (AvgIpc) is 2.45. The first-order valence-electron chi connectivity index (χ1n) is 6.99. The molecular formula is C16H16ClFN2O3S. The van der Waals surface area contributed by atoms with Gasteiger partial charge in [-0.25, -0.2) is 12.8 Å². The van der Waals surface area contributed by atoms with Crippen molar-refractivity contribution in [2.45, 2.75) is 13.0 Å². The van der Waals surface area contributed by atoms with Crippen LogP contribution in [-0.4, -0.2) is 20.6 Å². The molecule has 24 heavy (non-hydrogen) atoms. The van der Waals surface area contributed by atoms with Gasteiger partial charge >= 0.3 is 0 Å². The summed E-state index contributed by atoms with van der Waals surface area (Å²) >= 11 is 5.87. The van der Waals surface area contributed by atoms with Gasteiger partial charge in [0.25, 0.3) is 5.91 Å². The Hall–Kier alpha value is -2.12. The highest BCUT2D eigenvalue weighted by Gasteiger charge is 2.15. The number of carbonyl (C=O) groups is 1. The zero-order chi connectivity index (χ0) is 17.9. The number of carbonyl (C=O) groups excluding carboxylic acids is 1. The summed E-state index contributed by atoms with van der Waals surface area (Å²) < 4.78 is 37.7. The minimum absolute atomic E-state index is 0.0346. The topological polar surface area (TPSA) is 75.3 Å². The summed E-state index contributed by atoms with van der Waals surface area (Å²) in [5, 5.41) is 2.79. The van der Waals surface area contributed by atoms with E-state index in [0.29, 0.717) is 5.69 Å². The fourth-order valence-corrected chi connectivity index (χ4v) is 2.90. The van der Waals surface area contributed by atoms with Crippen molar-refractivity contribution in [1.82, 2.24) is 5.32 Å². The van der Waals surface area contributed by atoms with E-state index in [-0.39, 0.29) is 16.6 Å². The van der Waals surface area contributed by atoms with Crippen LogP contribution < -0.4 is 10.0 Å². The summed E-state index contributed by atoms with van der Waals surface area (Å²) in [6.07, 6.45) is 1.07. The molecule has 0 bridgehead atoms. The smallest absolute Gasteiger partial charge is 0.253 e. The van der Waals surface area contributed by atoms with Gasteiger partial charge in [0.05, 0.1) is 22.9 Å². The number of rotatable bonds is 5. The number of benzene rings is 2. The lowest BCUT2D eigenvalue weighted by Gasteiger charge is -2.15. The number of halogens is 2. The lowest BCUT2D eigenvalue weighted by atomic mass is 10.1. The van der Waals surface area contributed by atoms with Gasteiger partial charge in [0.2, 0.25) is 10.0 Å². The van der Waals surface area contributed by atoms with Gasteiger partial charge in [-0.05, 0) is 42.8 Å². The lowest BCUT2D eigenvalue weighted by molar-refractivity contribution is 0.0940. The molecule has 5 nitrogen and oxygen atoms in total. The number of hydrogen-bond acceptors (Lipinski definition) is 3. The van der Waals surface area contributed by atoms with E-state index in [0.717, 1.165) is 24.0 Å². The summed E-state index contributed by atoms with van der Waals surface area (Å²) in [4.78, 5) is 12.2. The van der Waals surface area contributed by atoms with Crippen molar-refractivity contribution in [1.29, 1.82) is 0 Å². The molecular weight excluding hydrogens is 355 g/mol. The summed E-state index contributed by atoms with van der Waals surface area (Å²) in [5.41, 5.74) is 1.39. The molecule has 0 fully saturated rings. The fourth-order valence-electron chi connectivity index (χ4n) is 2.09. The van der Waals surface area contributed by atoms with Crippen LogP contribution in [0.25, 0.3) is 0 Å². The molecule has 0 saturated carbocycles. The predicted octanol–water partition coefficient (Wildman–Crippen LogP) is 3.34. The van der Waals surface area contributed by atoms with Crippen LogP contribution in [0.15, 0.2) is 42.5 Å². The number of nitrogens with one attached hydrogen (secondary N) is 2. The number of anilines is 1. The third-order valence-corrected chi connectivity index (χ3v) is 4.16. The van der Waals surface area contributed by atoms with Crippen LogP contribution >= 0.6 is 11.6 Å². The second kappa shape index (κ2) is 7.19. The van der Waals surface area contributed by atoms with Crippen LogP contribution in [-0.2, 0) is 10.0 Å². The van der Waals surface area contributed by atoms with Crippen LogP contribution in [0.5, 0.6) is 0 Å². The van der Waals surface area contributed by atoms with E-state index in [4.69, 9.17) is 11.6 Å². The van der Waals surface area contributed by atoms with E-state index < -0.39 is 21.7 Å². The molecule has 0 aliphatic rings. The Morgan fingerprint density at radius 3 is 2.33 bits per heavy atom. The first kappa shape index (κ1) is 18.2. The van der Waals surface area contributed by atoms with E-state index in [9.17, 15) is 17.6 Å². The minimum Gasteiger partial charge on any atom is -0.345 e. The van der Waals surface area contributed by atoms with E-state index in [1.807, 2.05) is 0 Å². The number of hydrogen-bond donors (Lipinski definition) is 2. The van der Waals surface area contributed by atoms with Gasteiger partial charge in [-0.15, -0.1) is 0 Å². The molecule has 128 valence electrons. The average molecular weight is 371 g/mol. The van der Waals surface area contributed by atoms with E-state index in [2.05, 4.69) is 10.0 Å². The summed E-state index contributed by atoms with van der Waals surface area (Å²) in [5.74, 6) is -0.940.